The van der Waals surface area contributed by atoms with Crippen LogP contribution in [-0.4, -0.2) is 31.1 Å². The fourth-order valence-corrected chi connectivity index (χ4v) is 2.07. The first-order valence-electron chi connectivity index (χ1n) is 6.32. The van der Waals surface area contributed by atoms with Gasteiger partial charge in [-0.25, -0.2) is 0 Å². The van der Waals surface area contributed by atoms with E-state index in [-0.39, 0.29) is 0 Å². The van der Waals surface area contributed by atoms with Crippen LogP contribution in [0.3, 0.4) is 0 Å². The standard InChI is InChI=1S/C13H13ClN6/c14-8-2-4-10-3-1-5-11(9-10)15-12-6-7-13-16-18-19-20(13)17-12/h1,3,5-7,9H,2,4,8H2,(H,15,17). The molecule has 2 aromatic heterocycles. The Labute approximate surface area is 120 Å². The molecule has 0 saturated carbocycles. The van der Waals surface area contributed by atoms with Crippen LogP contribution >= 0.6 is 11.6 Å². The van der Waals surface area contributed by atoms with Gasteiger partial charge >= 0.3 is 0 Å². The van der Waals surface area contributed by atoms with Crippen LogP contribution in [-0.2, 0) is 6.42 Å². The average Bonchev–Trinajstić information content (AvgIpc) is 2.93. The quantitative estimate of drug-likeness (QED) is 0.730. The van der Waals surface area contributed by atoms with Crippen LogP contribution in [0.5, 0.6) is 0 Å². The Morgan fingerprint density at radius 3 is 3.05 bits per heavy atom. The summed E-state index contributed by atoms with van der Waals surface area (Å²) in [6.07, 6.45) is 1.94. The summed E-state index contributed by atoms with van der Waals surface area (Å²) in [4.78, 5) is 0. The molecule has 0 fully saturated rings. The number of aromatic nitrogens is 5. The molecule has 1 aromatic carbocycles. The van der Waals surface area contributed by atoms with E-state index < -0.39 is 0 Å². The fraction of sp³-hybridized carbons (Fsp3) is 0.231. The molecule has 0 aliphatic carbocycles. The Morgan fingerprint density at radius 1 is 1.20 bits per heavy atom. The first kappa shape index (κ1) is 12.8. The zero-order chi connectivity index (χ0) is 13.8. The molecule has 0 aliphatic rings. The normalized spacial score (nSPS) is 10.8. The summed E-state index contributed by atoms with van der Waals surface area (Å²) in [5.41, 5.74) is 2.85. The lowest BCUT2D eigenvalue weighted by molar-refractivity contribution is 0.736. The first-order valence-corrected chi connectivity index (χ1v) is 6.86. The number of anilines is 2. The van der Waals surface area contributed by atoms with Crippen molar-refractivity contribution in [2.75, 3.05) is 11.2 Å². The topological polar surface area (TPSA) is 68.0 Å². The maximum absolute atomic E-state index is 5.72. The lowest BCUT2D eigenvalue weighted by Crippen LogP contribution is -2.00. The van der Waals surface area contributed by atoms with Crippen molar-refractivity contribution >= 4 is 28.8 Å². The van der Waals surface area contributed by atoms with E-state index in [9.17, 15) is 0 Å². The number of hydrogen-bond acceptors (Lipinski definition) is 5. The predicted molar refractivity (Wildman–Crippen MR) is 77.3 cm³/mol. The molecule has 0 unspecified atom stereocenters. The van der Waals surface area contributed by atoms with Gasteiger partial charge in [-0.05, 0) is 53.1 Å². The van der Waals surface area contributed by atoms with Gasteiger partial charge in [0, 0.05) is 11.6 Å². The van der Waals surface area contributed by atoms with Crippen LogP contribution in [0, 0.1) is 0 Å². The minimum Gasteiger partial charge on any atom is -0.339 e. The second kappa shape index (κ2) is 5.83. The van der Waals surface area contributed by atoms with E-state index in [1.54, 1.807) is 0 Å². The largest absolute Gasteiger partial charge is 0.339 e. The molecule has 0 radical (unpaired) electrons. The van der Waals surface area contributed by atoms with Crippen molar-refractivity contribution in [3.63, 3.8) is 0 Å². The molecule has 0 saturated heterocycles. The lowest BCUT2D eigenvalue weighted by atomic mass is 10.1. The van der Waals surface area contributed by atoms with Crippen molar-refractivity contribution in [1.29, 1.82) is 0 Å². The number of rotatable bonds is 5. The number of nitrogens with one attached hydrogen (secondary N) is 1. The third-order valence-electron chi connectivity index (χ3n) is 2.87. The van der Waals surface area contributed by atoms with Gasteiger partial charge in [0.15, 0.2) is 11.5 Å². The highest BCUT2D eigenvalue weighted by atomic mass is 35.5. The molecule has 0 atom stereocenters. The van der Waals surface area contributed by atoms with E-state index in [4.69, 9.17) is 11.6 Å². The van der Waals surface area contributed by atoms with Crippen LogP contribution < -0.4 is 5.32 Å². The molecule has 0 aliphatic heterocycles. The minimum atomic E-state index is 0.617. The second-order valence-corrected chi connectivity index (χ2v) is 4.74. The Balaban J connectivity index is 1.79. The molecule has 102 valence electrons. The maximum Gasteiger partial charge on any atom is 0.200 e. The van der Waals surface area contributed by atoms with Crippen molar-refractivity contribution in [1.82, 2.24) is 25.3 Å². The third kappa shape index (κ3) is 2.85. The molecule has 1 N–H and O–H groups in total. The first-order chi connectivity index (χ1) is 9.85. The highest BCUT2D eigenvalue weighted by molar-refractivity contribution is 6.17. The van der Waals surface area contributed by atoms with E-state index >= 15 is 0 Å². The highest BCUT2D eigenvalue weighted by Crippen LogP contribution is 2.17. The van der Waals surface area contributed by atoms with Crippen molar-refractivity contribution in [3.8, 4) is 0 Å². The average molecular weight is 289 g/mol. The minimum absolute atomic E-state index is 0.617. The molecular formula is C13H13ClN6. The van der Waals surface area contributed by atoms with Crippen molar-refractivity contribution in [2.45, 2.75) is 12.8 Å². The summed E-state index contributed by atoms with van der Waals surface area (Å²) in [5, 5.41) is 18.7. The monoisotopic (exact) mass is 288 g/mol. The van der Waals surface area contributed by atoms with Crippen molar-refractivity contribution < 1.29 is 0 Å². The maximum atomic E-state index is 5.72. The van der Waals surface area contributed by atoms with E-state index in [0.29, 0.717) is 17.3 Å². The predicted octanol–water partition coefficient (Wildman–Crippen LogP) is 2.43. The summed E-state index contributed by atoms with van der Waals surface area (Å²) in [6, 6.07) is 11.9. The van der Waals surface area contributed by atoms with Gasteiger partial charge in [-0.1, -0.05) is 12.1 Å². The molecule has 6 nitrogen and oxygen atoms in total. The van der Waals surface area contributed by atoms with Crippen LogP contribution in [0.25, 0.3) is 5.65 Å². The third-order valence-corrected chi connectivity index (χ3v) is 3.14. The molecule has 0 amide bonds. The summed E-state index contributed by atoms with van der Waals surface area (Å²) in [5.74, 6) is 1.37. The smallest absolute Gasteiger partial charge is 0.200 e. The Bertz CT molecular complexity index is 711. The van der Waals surface area contributed by atoms with Gasteiger partial charge in [0.25, 0.3) is 0 Å². The molecule has 7 heteroatoms. The van der Waals surface area contributed by atoms with E-state index in [2.05, 4.69) is 38.1 Å². The van der Waals surface area contributed by atoms with Crippen LogP contribution in [0.15, 0.2) is 36.4 Å². The van der Waals surface area contributed by atoms with Gasteiger partial charge in [0.2, 0.25) is 0 Å². The van der Waals surface area contributed by atoms with Crippen molar-refractivity contribution in [2.24, 2.45) is 0 Å². The van der Waals surface area contributed by atoms with Crippen LogP contribution in [0.4, 0.5) is 11.5 Å². The number of halogens is 1. The van der Waals surface area contributed by atoms with Crippen LogP contribution in [0.2, 0.25) is 0 Å². The zero-order valence-electron chi connectivity index (χ0n) is 10.7. The zero-order valence-corrected chi connectivity index (χ0v) is 11.5. The highest BCUT2D eigenvalue weighted by Gasteiger charge is 2.02. The van der Waals surface area contributed by atoms with Gasteiger partial charge in [-0.3, -0.25) is 0 Å². The number of nitrogens with zero attached hydrogens (tertiary/aromatic N) is 5. The molecular weight excluding hydrogens is 276 g/mol. The molecule has 20 heavy (non-hydrogen) atoms. The van der Waals surface area contributed by atoms with Gasteiger partial charge in [0.05, 0.1) is 0 Å². The van der Waals surface area contributed by atoms with Crippen molar-refractivity contribution in [3.05, 3.63) is 42.0 Å². The van der Waals surface area contributed by atoms with E-state index in [1.807, 2.05) is 24.3 Å². The van der Waals surface area contributed by atoms with Gasteiger partial charge < -0.3 is 5.32 Å². The number of benzene rings is 1. The number of fused-ring (bicyclic) bond motifs is 1. The molecule has 0 bridgehead atoms. The fourth-order valence-electron chi connectivity index (χ4n) is 1.94. The number of aryl methyl sites for hydroxylation is 1. The summed E-state index contributed by atoms with van der Waals surface area (Å²) >= 11 is 5.72. The Kier molecular flexibility index (Phi) is 3.73. The van der Waals surface area contributed by atoms with E-state index in [1.165, 1.54) is 10.2 Å². The molecule has 3 rings (SSSR count). The molecule has 3 aromatic rings. The summed E-state index contributed by atoms with van der Waals surface area (Å²) in [6.45, 7) is 0. The van der Waals surface area contributed by atoms with Gasteiger partial charge in [0.1, 0.15) is 0 Å². The van der Waals surface area contributed by atoms with Gasteiger partial charge in [-0.15, -0.1) is 26.4 Å². The van der Waals surface area contributed by atoms with Gasteiger partial charge in [-0.2, -0.15) is 0 Å². The SMILES string of the molecule is ClCCCc1cccc(Nc2ccc3nnnn3n2)c1. The van der Waals surface area contributed by atoms with Crippen LogP contribution in [0.1, 0.15) is 12.0 Å². The Hall–Kier alpha value is -2.21. The van der Waals surface area contributed by atoms with E-state index in [0.717, 1.165) is 18.5 Å². The molecule has 2 heterocycles. The lowest BCUT2D eigenvalue weighted by Gasteiger charge is -2.07. The number of alkyl halides is 1. The summed E-state index contributed by atoms with van der Waals surface area (Å²) < 4.78 is 1.39. The Morgan fingerprint density at radius 2 is 2.15 bits per heavy atom. The number of hydrogen-bond donors (Lipinski definition) is 1. The summed E-state index contributed by atoms with van der Waals surface area (Å²) in [7, 11) is 0. The molecule has 0 spiro atoms. The second-order valence-electron chi connectivity index (χ2n) is 4.36. The number of tetrazole rings is 1.